The molecule has 4 unspecified atom stereocenters. The monoisotopic (exact) mass is 1060 g/mol. The van der Waals surface area contributed by atoms with Gasteiger partial charge in [-0.05, 0) is 94.5 Å². The van der Waals surface area contributed by atoms with Crippen LogP contribution in [0.5, 0.6) is 11.5 Å². The van der Waals surface area contributed by atoms with E-state index in [0.29, 0.717) is 62.2 Å². The van der Waals surface area contributed by atoms with Gasteiger partial charge in [0.2, 0.25) is 17.7 Å². The number of nitrogens with one attached hydrogen (secondary N) is 4. The van der Waals surface area contributed by atoms with Crippen molar-refractivity contribution in [2.24, 2.45) is 17.3 Å². The van der Waals surface area contributed by atoms with Gasteiger partial charge in [0.25, 0.3) is 5.91 Å². The van der Waals surface area contributed by atoms with Crippen LogP contribution < -0.4 is 30.7 Å². The first-order valence-electron chi connectivity index (χ1n) is 25.4. The smallest absolute Gasteiger partial charge is 0.316 e. The molecule has 3 aromatic rings. The first kappa shape index (κ1) is 61.4. The molecule has 5 rings (SSSR count). The number of hydrogen-bond acceptors (Lipinski definition) is 13. The summed E-state index contributed by atoms with van der Waals surface area (Å²) in [6.45, 7) is 17.2. The summed E-state index contributed by atoms with van der Waals surface area (Å²) in [5.74, 6) is 0.363. The zero-order chi connectivity index (χ0) is 55.6. The van der Waals surface area contributed by atoms with E-state index in [2.05, 4.69) is 27.2 Å². The molecule has 410 valence electrons. The summed E-state index contributed by atoms with van der Waals surface area (Å²) in [5, 5.41) is 11.9. The van der Waals surface area contributed by atoms with Crippen LogP contribution in [0, 0.1) is 29.6 Å². The lowest BCUT2D eigenvalue weighted by Crippen LogP contribution is -2.61. The number of nitrogens with zero attached hydrogens (tertiary/aromatic N) is 1. The molecule has 75 heavy (non-hydrogen) atoms. The Balaban J connectivity index is 0.00000232. The van der Waals surface area contributed by atoms with Crippen molar-refractivity contribution >= 4 is 45.5 Å². The number of aryl methyl sites for hydroxylation is 1. The van der Waals surface area contributed by atoms with Crippen LogP contribution in [0.15, 0.2) is 78.9 Å². The molecule has 0 saturated carbocycles. The van der Waals surface area contributed by atoms with Crippen LogP contribution in [0.4, 0.5) is 0 Å². The van der Waals surface area contributed by atoms with E-state index in [9.17, 15) is 28.8 Å². The number of amides is 4. The molecule has 0 bridgehead atoms. The lowest BCUT2D eigenvalue weighted by atomic mass is 9.93. The van der Waals surface area contributed by atoms with Crippen LogP contribution in [0.25, 0.3) is 0 Å². The highest BCUT2D eigenvalue weighted by atomic mass is 32.2. The number of Topliss-reactive ketones (excluding diaryl/α,β-unsaturated/α-hetero) is 1. The number of esters is 1. The molecule has 0 radical (unpaired) electrons. The molecule has 18 nitrogen and oxygen atoms in total. The number of ketones is 1. The fourth-order valence-corrected chi connectivity index (χ4v) is 8.38. The second-order valence-electron chi connectivity index (χ2n) is 21.5. The summed E-state index contributed by atoms with van der Waals surface area (Å²) >= 11 is 0. The number of benzene rings is 3. The number of rotatable bonds is 25. The molecule has 2 heterocycles. The van der Waals surface area contributed by atoms with Crippen molar-refractivity contribution in [2.75, 3.05) is 52.3 Å². The third kappa shape index (κ3) is 21.5. The molecule has 0 aliphatic carbocycles. The van der Waals surface area contributed by atoms with E-state index in [-0.39, 0.29) is 68.3 Å². The highest BCUT2D eigenvalue weighted by Gasteiger charge is 2.50. The third-order valence-electron chi connectivity index (χ3n) is 12.5. The number of ether oxygens (including phenoxy) is 4. The Hall–Kier alpha value is -6.17. The molecular weight excluding hydrogens is 983 g/mol. The molecular formula is C56H77N5O13S. The summed E-state index contributed by atoms with van der Waals surface area (Å²) in [4.78, 5) is 83.9. The van der Waals surface area contributed by atoms with E-state index >= 15 is 0 Å². The molecule has 5 atom stereocenters. The van der Waals surface area contributed by atoms with Crippen molar-refractivity contribution in [3.05, 3.63) is 95.6 Å². The van der Waals surface area contributed by atoms with Crippen molar-refractivity contribution in [1.29, 1.82) is 0 Å². The first-order valence-corrected chi connectivity index (χ1v) is 27.2. The Morgan fingerprint density at radius 3 is 1.83 bits per heavy atom. The summed E-state index contributed by atoms with van der Waals surface area (Å²) < 4.78 is 50.3. The SMILES string of the molecule is C#CCOc1cc(C[N+]2(CC(=O)NC(CCc3ccccc3)C(=O)NC(CC(C)C)C(=O)NC(Cc3ccccc3)C(=O)NC(CC(C)C)C(=O)[C@@]3(C)CO3)CCOCC2)ccc1OC(=O)C(C)(C)C.CS(=O)(=O)[O-]. The van der Waals surface area contributed by atoms with Gasteiger partial charge in [-0.15, -0.1) is 6.42 Å². The second-order valence-corrected chi connectivity index (χ2v) is 22.9. The largest absolute Gasteiger partial charge is 0.748 e. The van der Waals surface area contributed by atoms with Crippen LogP contribution in [0.2, 0.25) is 0 Å². The van der Waals surface area contributed by atoms with Crippen LogP contribution >= 0.6 is 0 Å². The topological polar surface area (TPSA) is 248 Å². The average Bonchev–Trinajstić information content (AvgIpc) is 4.09. The number of carbonyl (C=O) groups excluding carboxylic acids is 6. The van der Waals surface area contributed by atoms with E-state index < -0.39 is 69.0 Å². The summed E-state index contributed by atoms with van der Waals surface area (Å²) in [6.07, 6.45) is 7.57. The van der Waals surface area contributed by atoms with Gasteiger partial charge in [-0.25, -0.2) is 8.42 Å². The molecule has 4 N–H and O–H groups in total. The predicted octanol–water partition coefficient (Wildman–Crippen LogP) is 4.42. The fraction of sp³-hybridized carbons (Fsp3) is 0.536. The van der Waals surface area contributed by atoms with Gasteiger partial charge in [0.05, 0.1) is 41.4 Å². The second kappa shape index (κ2) is 28.1. The molecule has 0 aromatic heterocycles. The van der Waals surface area contributed by atoms with E-state index in [1.165, 1.54) is 0 Å². The minimum absolute atomic E-state index is 0.0115. The predicted molar refractivity (Wildman–Crippen MR) is 282 cm³/mol. The van der Waals surface area contributed by atoms with Crippen molar-refractivity contribution in [3.8, 4) is 23.8 Å². The van der Waals surface area contributed by atoms with Crippen molar-refractivity contribution in [2.45, 2.75) is 124 Å². The molecule has 2 aliphatic heterocycles. The number of morpholine rings is 1. The molecule has 2 saturated heterocycles. The number of quaternary nitrogens is 1. The van der Waals surface area contributed by atoms with E-state index in [1.807, 2.05) is 94.4 Å². The lowest BCUT2D eigenvalue weighted by molar-refractivity contribution is -0.940. The van der Waals surface area contributed by atoms with Crippen LogP contribution in [-0.2, 0) is 67.7 Å². The van der Waals surface area contributed by atoms with Gasteiger partial charge in [-0.3, -0.25) is 28.8 Å². The highest BCUT2D eigenvalue weighted by Crippen LogP contribution is 2.33. The molecule has 0 spiro atoms. The average molecular weight is 1060 g/mol. The quantitative estimate of drug-likeness (QED) is 0.0230. The number of carbonyl (C=O) groups is 6. The maximum Gasteiger partial charge on any atom is 0.316 e. The Labute approximate surface area is 443 Å². The molecule has 3 aromatic carbocycles. The molecule has 2 fully saturated rings. The number of hydrogen-bond donors (Lipinski definition) is 4. The molecule has 4 amide bonds. The van der Waals surface area contributed by atoms with E-state index in [1.54, 1.807) is 39.8 Å². The van der Waals surface area contributed by atoms with Crippen molar-refractivity contribution in [3.63, 3.8) is 0 Å². The third-order valence-corrected chi connectivity index (χ3v) is 12.5. The van der Waals surface area contributed by atoms with Gasteiger partial charge in [0.1, 0.15) is 50.0 Å². The zero-order valence-corrected chi connectivity index (χ0v) is 45.7. The summed E-state index contributed by atoms with van der Waals surface area (Å²) in [5.41, 5.74) is 0.843. The Kier molecular flexibility index (Phi) is 23.0. The van der Waals surface area contributed by atoms with Gasteiger partial charge in [0, 0.05) is 18.2 Å². The van der Waals surface area contributed by atoms with Gasteiger partial charge < -0.3 is 49.3 Å². The minimum atomic E-state index is -3.92. The normalized spacial score (nSPS) is 17.6. The van der Waals surface area contributed by atoms with Crippen molar-refractivity contribution < 1.29 is 65.2 Å². The summed E-state index contributed by atoms with van der Waals surface area (Å²) in [7, 11) is -3.92. The Morgan fingerprint density at radius 1 is 0.760 bits per heavy atom. The van der Waals surface area contributed by atoms with Gasteiger partial charge in [-0.2, -0.15) is 0 Å². The Bertz CT molecular complexity index is 2540. The van der Waals surface area contributed by atoms with Gasteiger partial charge in [0.15, 0.2) is 23.8 Å². The van der Waals surface area contributed by atoms with Gasteiger partial charge >= 0.3 is 5.97 Å². The lowest BCUT2D eigenvalue weighted by Gasteiger charge is -2.41. The molecule has 2 aliphatic rings. The van der Waals surface area contributed by atoms with Crippen LogP contribution in [-0.4, -0.2) is 135 Å². The fourth-order valence-electron chi connectivity index (χ4n) is 8.38. The summed E-state index contributed by atoms with van der Waals surface area (Å²) in [6, 6.07) is 20.1. The maximum absolute atomic E-state index is 14.6. The van der Waals surface area contributed by atoms with Gasteiger partial charge in [-0.1, -0.05) is 94.3 Å². The highest BCUT2D eigenvalue weighted by molar-refractivity contribution is 7.84. The van der Waals surface area contributed by atoms with Crippen LogP contribution in [0.1, 0.15) is 91.3 Å². The zero-order valence-electron chi connectivity index (χ0n) is 44.9. The van der Waals surface area contributed by atoms with E-state index in [0.717, 1.165) is 16.7 Å². The maximum atomic E-state index is 14.6. The van der Waals surface area contributed by atoms with E-state index in [4.69, 9.17) is 38.3 Å². The number of epoxide rings is 1. The Morgan fingerprint density at radius 2 is 1.28 bits per heavy atom. The minimum Gasteiger partial charge on any atom is -0.748 e. The van der Waals surface area contributed by atoms with Crippen LogP contribution in [0.3, 0.4) is 0 Å². The number of terminal acetylenes is 1. The van der Waals surface area contributed by atoms with Crippen molar-refractivity contribution in [1.82, 2.24) is 21.3 Å². The first-order chi connectivity index (χ1) is 35.2. The molecule has 19 heteroatoms. The standard InChI is InChI=1S/C55H73N5O10.CH4O3S/c1-10-27-68-47-33-41(22-24-46(47)70-53(66)54(6,7)8)34-60(25-28-67-29-26-60)35-48(61)56-42(23-21-39-17-13-11-14-18-39)50(63)58-44(31-38(4)5)51(64)59-45(32-40-19-15-12-16-20-40)52(65)57-43(30-37(2)3)49(62)55(9)36-69-55;1-5(2,3)4/h1,11-20,22,24,33,37-38,42-45H,21,23,25-32,34-36H2,2-9H3,(H3-,56,57,58,59,61,63,64,65);1H3,(H,2,3,4)/t42?,43?,44?,45?,55-;/m1./s1.